The summed E-state index contributed by atoms with van der Waals surface area (Å²) in [6.07, 6.45) is 5.21. The van der Waals surface area contributed by atoms with Gasteiger partial charge in [0.2, 0.25) is 4.18 Å². The number of hydrogen-bond acceptors (Lipinski definition) is 1. The van der Waals surface area contributed by atoms with Gasteiger partial charge in [0.05, 0.1) is 0 Å². The van der Waals surface area contributed by atoms with Gasteiger partial charge in [-0.05, 0) is 35.4 Å². The normalized spacial score (nSPS) is 23.1. The smallest absolute Gasteiger partial charge is 0.209 e. The molecule has 0 amide bonds. The Hall–Kier alpha value is 0.330. The van der Waals surface area contributed by atoms with E-state index in [9.17, 15) is 9.18 Å². The minimum atomic E-state index is -1.28. The van der Waals surface area contributed by atoms with Crippen LogP contribution in [-0.4, -0.2) is 9.96 Å². The molecule has 0 radical (unpaired) electrons. The first kappa shape index (κ1) is 9.42. The number of carbonyl (C=O) groups excluding carboxylic acids is 1. The highest BCUT2D eigenvalue weighted by atomic mass is 127. The molecule has 0 N–H and O–H groups in total. The second-order valence-corrected chi connectivity index (χ2v) is 4.13. The maximum absolute atomic E-state index is 12.5. The monoisotopic (exact) mass is 270 g/mol. The van der Waals surface area contributed by atoms with Crippen LogP contribution in [0.25, 0.3) is 0 Å². The molecule has 0 heterocycles. The number of Topliss-reactive ketones (excluding diaryl/α,β-unsaturated/α-hetero) is 1. The molecular weight excluding hydrogens is 258 g/mol. The Labute approximate surface area is 79.9 Å². The number of carbonyl (C=O) groups is 1. The van der Waals surface area contributed by atoms with Crippen LogP contribution >= 0.6 is 22.6 Å². The Balaban J connectivity index is 2.39. The number of hydrogen-bond donors (Lipinski definition) is 0. The minimum Gasteiger partial charge on any atom is -0.295 e. The standard InChI is InChI=1S/C8H12FIO/c9-8(10)7(11)6-4-2-1-3-5-6/h6,8H,1-5H2. The van der Waals surface area contributed by atoms with Crippen LogP contribution in [0.4, 0.5) is 4.39 Å². The fourth-order valence-electron chi connectivity index (χ4n) is 1.57. The summed E-state index contributed by atoms with van der Waals surface area (Å²) in [6.45, 7) is 0. The van der Waals surface area contributed by atoms with E-state index in [-0.39, 0.29) is 11.7 Å². The lowest BCUT2D eigenvalue weighted by molar-refractivity contribution is -0.125. The Morgan fingerprint density at radius 3 is 2.36 bits per heavy atom. The van der Waals surface area contributed by atoms with E-state index in [1.165, 1.54) is 6.42 Å². The molecule has 0 aromatic carbocycles. The van der Waals surface area contributed by atoms with Gasteiger partial charge in [-0.3, -0.25) is 4.79 Å². The molecule has 0 aromatic rings. The molecule has 11 heavy (non-hydrogen) atoms. The third kappa shape index (κ3) is 2.69. The maximum atomic E-state index is 12.5. The summed E-state index contributed by atoms with van der Waals surface area (Å²) in [7, 11) is 0. The zero-order valence-electron chi connectivity index (χ0n) is 6.35. The summed E-state index contributed by atoms with van der Waals surface area (Å²) < 4.78 is 11.2. The zero-order valence-corrected chi connectivity index (χ0v) is 8.51. The fourth-order valence-corrected chi connectivity index (χ4v) is 2.07. The van der Waals surface area contributed by atoms with Gasteiger partial charge in [0.15, 0.2) is 5.78 Å². The van der Waals surface area contributed by atoms with Gasteiger partial charge in [-0.1, -0.05) is 19.3 Å². The highest BCUT2D eigenvalue weighted by molar-refractivity contribution is 14.1. The van der Waals surface area contributed by atoms with E-state index >= 15 is 0 Å². The first-order valence-electron chi connectivity index (χ1n) is 4.03. The van der Waals surface area contributed by atoms with Crippen LogP contribution in [-0.2, 0) is 4.79 Å². The van der Waals surface area contributed by atoms with Crippen LogP contribution < -0.4 is 0 Å². The first-order chi connectivity index (χ1) is 5.22. The van der Waals surface area contributed by atoms with Crippen molar-refractivity contribution in [2.24, 2.45) is 5.92 Å². The fraction of sp³-hybridized carbons (Fsp3) is 0.875. The number of halogens is 2. The van der Waals surface area contributed by atoms with Crippen molar-refractivity contribution in [3.8, 4) is 0 Å². The van der Waals surface area contributed by atoms with Crippen LogP contribution in [0, 0.1) is 5.92 Å². The summed E-state index contributed by atoms with van der Waals surface area (Å²) in [5.74, 6) is -0.166. The van der Waals surface area contributed by atoms with Crippen molar-refractivity contribution in [2.75, 3.05) is 0 Å². The largest absolute Gasteiger partial charge is 0.295 e. The number of rotatable bonds is 2. The van der Waals surface area contributed by atoms with E-state index in [0.717, 1.165) is 25.7 Å². The highest BCUT2D eigenvalue weighted by Gasteiger charge is 2.25. The van der Waals surface area contributed by atoms with Gasteiger partial charge in [0.25, 0.3) is 0 Å². The van der Waals surface area contributed by atoms with Crippen LogP contribution in [0.15, 0.2) is 0 Å². The molecule has 0 bridgehead atoms. The van der Waals surface area contributed by atoms with Gasteiger partial charge >= 0.3 is 0 Å². The van der Waals surface area contributed by atoms with Gasteiger partial charge in [0.1, 0.15) is 0 Å². The summed E-state index contributed by atoms with van der Waals surface area (Å²) >= 11 is 1.55. The molecule has 0 spiro atoms. The highest BCUT2D eigenvalue weighted by Crippen LogP contribution is 2.27. The Kier molecular flexibility index (Phi) is 3.75. The minimum absolute atomic E-state index is 0.0237. The van der Waals surface area contributed by atoms with Crippen molar-refractivity contribution < 1.29 is 9.18 Å². The molecule has 0 aromatic heterocycles. The summed E-state index contributed by atoms with van der Waals surface area (Å²) in [6, 6.07) is 0. The Morgan fingerprint density at radius 1 is 1.36 bits per heavy atom. The third-order valence-electron chi connectivity index (χ3n) is 2.22. The molecule has 1 atom stereocenters. The summed E-state index contributed by atoms with van der Waals surface area (Å²) in [5.41, 5.74) is 0. The van der Waals surface area contributed by atoms with E-state index in [0.29, 0.717) is 0 Å². The quantitative estimate of drug-likeness (QED) is 0.557. The van der Waals surface area contributed by atoms with Crippen molar-refractivity contribution in [1.29, 1.82) is 0 Å². The van der Waals surface area contributed by atoms with Crippen molar-refractivity contribution in [1.82, 2.24) is 0 Å². The van der Waals surface area contributed by atoms with Gasteiger partial charge in [-0.2, -0.15) is 0 Å². The van der Waals surface area contributed by atoms with Crippen molar-refractivity contribution in [2.45, 2.75) is 36.3 Å². The molecule has 1 aliphatic carbocycles. The van der Waals surface area contributed by atoms with E-state index < -0.39 is 4.18 Å². The summed E-state index contributed by atoms with van der Waals surface area (Å²) in [5, 5.41) is 0. The van der Waals surface area contributed by atoms with Gasteiger partial charge in [-0.25, -0.2) is 4.39 Å². The zero-order chi connectivity index (χ0) is 8.27. The molecule has 1 fully saturated rings. The second kappa shape index (κ2) is 4.38. The van der Waals surface area contributed by atoms with E-state index in [2.05, 4.69) is 0 Å². The van der Waals surface area contributed by atoms with Crippen LogP contribution in [0.3, 0.4) is 0 Å². The van der Waals surface area contributed by atoms with E-state index in [1.807, 2.05) is 0 Å². The topological polar surface area (TPSA) is 17.1 Å². The van der Waals surface area contributed by atoms with Crippen molar-refractivity contribution >= 4 is 28.4 Å². The molecule has 1 rings (SSSR count). The van der Waals surface area contributed by atoms with Gasteiger partial charge in [0, 0.05) is 5.92 Å². The Morgan fingerprint density at radius 2 is 1.91 bits per heavy atom. The van der Waals surface area contributed by atoms with Crippen LogP contribution in [0.5, 0.6) is 0 Å². The Bertz CT molecular complexity index is 141. The predicted molar refractivity (Wildman–Crippen MR) is 50.5 cm³/mol. The van der Waals surface area contributed by atoms with Crippen molar-refractivity contribution in [3.05, 3.63) is 0 Å². The van der Waals surface area contributed by atoms with E-state index in [1.54, 1.807) is 22.6 Å². The van der Waals surface area contributed by atoms with Crippen LogP contribution in [0.1, 0.15) is 32.1 Å². The number of ketones is 1. The predicted octanol–water partition coefficient (Wildman–Crippen LogP) is 2.87. The average Bonchev–Trinajstić information content (AvgIpc) is 2.05. The lowest BCUT2D eigenvalue weighted by Gasteiger charge is -2.19. The van der Waals surface area contributed by atoms with Crippen molar-refractivity contribution in [3.63, 3.8) is 0 Å². The molecule has 64 valence electrons. The van der Waals surface area contributed by atoms with Crippen LogP contribution in [0.2, 0.25) is 0 Å². The molecule has 3 heteroatoms. The first-order valence-corrected chi connectivity index (χ1v) is 5.28. The second-order valence-electron chi connectivity index (χ2n) is 3.04. The molecule has 0 aliphatic heterocycles. The lowest BCUT2D eigenvalue weighted by Crippen LogP contribution is -2.22. The third-order valence-corrected chi connectivity index (χ3v) is 2.84. The lowest BCUT2D eigenvalue weighted by atomic mass is 9.87. The SMILES string of the molecule is O=C(C(F)I)C1CCCCC1. The molecule has 1 unspecified atom stereocenters. The maximum Gasteiger partial charge on any atom is 0.209 e. The summed E-state index contributed by atoms with van der Waals surface area (Å²) in [4.78, 5) is 11.1. The molecule has 1 aliphatic rings. The number of alkyl halides is 2. The van der Waals surface area contributed by atoms with Gasteiger partial charge in [-0.15, -0.1) is 0 Å². The molecular formula is C8H12FIO. The molecule has 0 saturated heterocycles. The molecule has 1 nitrogen and oxygen atoms in total. The van der Waals surface area contributed by atoms with Gasteiger partial charge < -0.3 is 0 Å². The van der Waals surface area contributed by atoms with E-state index in [4.69, 9.17) is 0 Å². The molecule has 1 saturated carbocycles. The average molecular weight is 270 g/mol.